The van der Waals surface area contributed by atoms with E-state index in [4.69, 9.17) is 24.2 Å². The number of hydrogen-bond donors (Lipinski definition) is 3. The number of rotatable bonds is 8. The second-order valence-corrected chi connectivity index (χ2v) is 11.7. The highest BCUT2D eigenvalue weighted by Crippen LogP contribution is 2.44. The van der Waals surface area contributed by atoms with Crippen LogP contribution in [0.3, 0.4) is 0 Å². The van der Waals surface area contributed by atoms with Crippen molar-refractivity contribution >= 4 is 34.9 Å². The van der Waals surface area contributed by atoms with Crippen LogP contribution < -0.4 is 15.7 Å². The maximum atomic E-state index is 13.4. The van der Waals surface area contributed by atoms with Crippen LogP contribution in [-0.2, 0) is 35.1 Å². The highest BCUT2D eigenvalue weighted by molar-refractivity contribution is 5.96. The molecule has 15 heteroatoms. The van der Waals surface area contributed by atoms with Crippen molar-refractivity contribution in [3.8, 4) is 0 Å². The van der Waals surface area contributed by atoms with Gasteiger partial charge in [0.05, 0.1) is 12.9 Å². The molecule has 2 aliphatic heterocycles. The minimum Gasteiger partial charge on any atom is -0.443 e. The number of fused-ring (bicyclic) bond motifs is 2. The SMILES string of the molecule is CC(C)(C)OC(=O)N(Cc1ccccc1)c1ncnc2c1ncn2[C@@H]1OC(CNC(=O)CC(=O)NO)[C@H]2OC(C)(C)O[C@H]21. The van der Waals surface area contributed by atoms with Gasteiger partial charge in [-0.1, -0.05) is 30.3 Å². The highest BCUT2D eigenvalue weighted by Gasteiger charge is 2.56. The van der Waals surface area contributed by atoms with E-state index in [-0.39, 0.29) is 18.9 Å². The lowest BCUT2D eigenvalue weighted by atomic mass is 10.1. The second-order valence-electron chi connectivity index (χ2n) is 11.7. The monoisotopic (exact) mass is 597 g/mol. The summed E-state index contributed by atoms with van der Waals surface area (Å²) in [4.78, 5) is 51.8. The molecule has 2 fully saturated rings. The Bertz CT molecular complexity index is 1490. The van der Waals surface area contributed by atoms with Gasteiger partial charge in [0.1, 0.15) is 36.7 Å². The Balaban J connectivity index is 1.45. The minimum atomic E-state index is -0.934. The number of carbonyl (C=O) groups is 3. The first kappa shape index (κ1) is 30.3. The number of hydrogen-bond acceptors (Lipinski definition) is 11. The summed E-state index contributed by atoms with van der Waals surface area (Å²) >= 11 is 0. The fraction of sp³-hybridized carbons (Fsp3) is 0.500. The average molecular weight is 598 g/mol. The van der Waals surface area contributed by atoms with E-state index in [1.165, 1.54) is 23.0 Å². The van der Waals surface area contributed by atoms with E-state index in [2.05, 4.69) is 20.3 Å². The first-order valence-corrected chi connectivity index (χ1v) is 13.8. The van der Waals surface area contributed by atoms with Crippen LogP contribution in [0.1, 0.15) is 52.8 Å². The molecule has 4 heterocycles. The summed E-state index contributed by atoms with van der Waals surface area (Å²) in [5.41, 5.74) is 2.27. The minimum absolute atomic E-state index is 0.0189. The molecule has 5 rings (SSSR count). The molecule has 2 aliphatic rings. The third kappa shape index (κ3) is 6.74. The molecule has 43 heavy (non-hydrogen) atoms. The predicted molar refractivity (Wildman–Crippen MR) is 149 cm³/mol. The summed E-state index contributed by atoms with van der Waals surface area (Å²) in [6.07, 6.45) is -0.845. The molecule has 4 atom stereocenters. The summed E-state index contributed by atoms with van der Waals surface area (Å²) in [6.45, 7) is 9.11. The summed E-state index contributed by atoms with van der Waals surface area (Å²) < 4.78 is 26.0. The summed E-state index contributed by atoms with van der Waals surface area (Å²) in [6, 6.07) is 9.45. The Labute approximate surface area is 247 Å². The molecule has 2 aromatic heterocycles. The number of aromatic nitrogens is 4. The number of ether oxygens (including phenoxy) is 4. The molecule has 0 spiro atoms. The molecule has 230 valence electrons. The van der Waals surface area contributed by atoms with Crippen LogP contribution in [0.25, 0.3) is 11.2 Å². The largest absolute Gasteiger partial charge is 0.443 e. The van der Waals surface area contributed by atoms with Gasteiger partial charge in [0.2, 0.25) is 5.91 Å². The molecule has 15 nitrogen and oxygen atoms in total. The Morgan fingerprint density at radius 1 is 1.07 bits per heavy atom. The van der Waals surface area contributed by atoms with Crippen molar-refractivity contribution in [2.75, 3.05) is 11.4 Å². The van der Waals surface area contributed by atoms with Gasteiger partial charge in [0.25, 0.3) is 5.91 Å². The van der Waals surface area contributed by atoms with Crippen LogP contribution in [0, 0.1) is 0 Å². The molecule has 3 amide bonds. The Hall–Kier alpha value is -4.18. The summed E-state index contributed by atoms with van der Waals surface area (Å²) in [5, 5.41) is 11.3. The maximum Gasteiger partial charge on any atom is 0.416 e. The highest BCUT2D eigenvalue weighted by atomic mass is 16.8. The van der Waals surface area contributed by atoms with Crippen molar-refractivity contribution < 1.29 is 38.5 Å². The topological polar surface area (TPSA) is 179 Å². The number of anilines is 1. The number of hydroxylamine groups is 1. The van der Waals surface area contributed by atoms with Gasteiger partial charge in [-0.2, -0.15) is 0 Å². The van der Waals surface area contributed by atoms with Crippen molar-refractivity contribution in [2.45, 2.75) is 83.5 Å². The maximum absolute atomic E-state index is 13.4. The fourth-order valence-corrected chi connectivity index (χ4v) is 5.04. The Morgan fingerprint density at radius 3 is 2.49 bits per heavy atom. The fourth-order valence-electron chi connectivity index (χ4n) is 5.04. The van der Waals surface area contributed by atoms with Crippen LogP contribution >= 0.6 is 0 Å². The molecule has 3 aromatic rings. The van der Waals surface area contributed by atoms with Gasteiger partial charge in [0, 0.05) is 6.54 Å². The molecule has 0 aliphatic carbocycles. The molecule has 3 N–H and O–H groups in total. The van der Waals surface area contributed by atoms with E-state index in [1.54, 1.807) is 39.2 Å². The lowest BCUT2D eigenvalue weighted by molar-refractivity contribution is -0.195. The van der Waals surface area contributed by atoms with Crippen molar-refractivity contribution in [1.29, 1.82) is 0 Å². The smallest absolute Gasteiger partial charge is 0.416 e. The standard InChI is InChI=1S/C28H35N7O8/c1-27(2,3)43-26(38)34(13-16-9-7-6-8-10-16)23-20-24(31-14-30-23)35(15-32-20)25-22-21(41-28(4,5)42-22)17(40-25)12-29-18(36)11-19(37)33-39/h6-10,14-15,17,21-22,25,39H,11-13H2,1-5H3,(H,29,36)(H,33,37)/t17?,21-,22-,25-/m1/s1. The van der Waals surface area contributed by atoms with E-state index < -0.39 is 60.3 Å². The molecule has 0 bridgehead atoms. The van der Waals surface area contributed by atoms with Crippen molar-refractivity contribution in [3.05, 3.63) is 48.5 Å². The molecule has 0 saturated carbocycles. The summed E-state index contributed by atoms with van der Waals surface area (Å²) in [7, 11) is 0. The van der Waals surface area contributed by atoms with Gasteiger partial charge in [-0.05, 0) is 40.2 Å². The molecule has 2 saturated heterocycles. The van der Waals surface area contributed by atoms with Crippen molar-refractivity contribution in [2.24, 2.45) is 0 Å². The second kappa shape index (κ2) is 11.8. The molecule has 1 unspecified atom stereocenters. The number of carbonyl (C=O) groups excluding carboxylic acids is 3. The van der Waals surface area contributed by atoms with Gasteiger partial charge in [-0.15, -0.1) is 0 Å². The third-order valence-corrected chi connectivity index (χ3v) is 6.74. The van der Waals surface area contributed by atoms with E-state index in [0.29, 0.717) is 11.2 Å². The number of benzene rings is 1. The molecular formula is C28H35N7O8. The Morgan fingerprint density at radius 2 is 1.79 bits per heavy atom. The zero-order valence-corrected chi connectivity index (χ0v) is 24.5. The summed E-state index contributed by atoms with van der Waals surface area (Å²) in [5.74, 6) is -2.11. The van der Waals surface area contributed by atoms with E-state index in [1.807, 2.05) is 30.3 Å². The lowest BCUT2D eigenvalue weighted by Crippen LogP contribution is -2.41. The van der Waals surface area contributed by atoms with Crippen LogP contribution in [0.2, 0.25) is 0 Å². The van der Waals surface area contributed by atoms with Crippen LogP contribution in [0.15, 0.2) is 43.0 Å². The van der Waals surface area contributed by atoms with Crippen LogP contribution in [0.4, 0.5) is 10.6 Å². The first-order chi connectivity index (χ1) is 20.3. The average Bonchev–Trinajstić information content (AvgIpc) is 3.60. The number of imidazole rings is 1. The van der Waals surface area contributed by atoms with Gasteiger partial charge >= 0.3 is 6.09 Å². The first-order valence-electron chi connectivity index (χ1n) is 13.8. The lowest BCUT2D eigenvalue weighted by Gasteiger charge is -2.27. The number of amides is 3. The van der Waals surface area contributed by atoms with Crippen molar-refractivity contribution in [1.82, 2.24) is 30.3 Å². The molecule has 1 aromatic carbocycles. The quantitative estimate of drug-likeness (QED) is 0.197. The Kier molecular flexibility index (Phi) is 8.34. The number of nitrogens with zero attached hydrogens (tertiary/aromatic N) is 5. The van der Waals surface area contributed by atoms with E-state index in [0.717, 1.165) is 5.56 Å². The van der Waals surface area contributed by atoms with Crippen LogP contribution in [0.5, 0.6) is 0 Å². The van der Waals surface area contributed by atoms with E-state index in [9.17, 15) is 14.4 Å². The third-order valence-electron chi connectivity index (χ3n) is 6.74. The number of nitrogens with one attached hydrogen (secondary N) is 2. The van der Waals surface area contributed by atoms with Crippen molar-refractivity contribution in [3.63, 3.8) is 0 Å². The zero-order valence-electron chi connectivity index (χ0n) is 24.5. The molecule has 0 radical (unpaired) electrons. The predicted octanol–water partition coefficient (Wildman–Crippen LogP) is 2.20. The van der Waals surface area contributed by atoms with Gasteiger partial charge in [-0.3, -0.25) is 24.3 Å². The van der Waals surface area contributed by atoms with Crippen LogP contribution in [-0.4, -0.2) is 78.9 Å². The van der Waals surface area contributed by atoms with Gasteiger partial charge in [-0.25, -0.2) is 25.2 Å². The van der Waals surface area contributed by atoms with Gasteiger partial charge < -0.3 is 24.3 Å². The zero-order chi connectivity index (χ0) is 30.9. The normalized spacial score (nSPS) is 22.7. The molecular weight excluding hydrogens is 562 g/mol. The van der Waals surface area contributed by atoms with E-state index >= 15 is 0 Å². The van der Waals surface area contributed by atoms with Gasteiger partial charge in [0.15, 0.2) is 29.0 Å².